The first-order chi connectivity index (χ1) is 30.8. The van der Waals surface area contributed by atoms with E-state index in [1.54, 1.807) is 13.8 Å². The Bertz CT molecular complexity index is 1950. The first-order valence-electron chi connectivity index (χ1n) is 27.7. The molecule has 0 spiro atoms. The molecule has 356 valence electrons. The van der Waals surface area contributed by atoms with Gasteiger partial charge in [-0.3, -0.25) is 19.2 Å². The molecule has 0 aromatic heterocycles. The minimum Gasteiger partial charge on any atom is -0.481 e. The quantitative estimate of drug-likeness (QED) is 0.169. The van der Waals surface area contributed by atoms with E-state index in [1.165, 1.54) is 0 Å². The van der Waals surface area contributed by atoms with Gasteiger partial charge in [0.15, 0.2) is 0 Å². The Balaban J connectivity index is 0.000000255. The lowest BCUT2D eigenvalue weighted by atomic mass is 9.41. The average molecular weight is 876 g/mol. The highest BCUT2D eigenvalue weighted by Crippen LogP contribution is 2.71. The molecule has 0 aromatic rings. The summed E-state index contributed by atoms with van der Waals surface area (Å²) in [5, 5.41) is 41.3. The minimum absolute atomic E-state index is 0. The number of carboxylic acid groups (broad SMARTS) is 2. The third-order valence-corrected chi connectivity index (χ3v) is 20.2. The molecule has 8 nitrogen and oxygen atoms in total. The highest BCUT2D eigenvalue weighted by molar-refractivity contribution is 5.88. The van der Waals surface area contributed by atoms with E-state index >= 15 is 0 Å². The Morgan fingerprint density at radius 1 is 0.694 bits per heavy atom. The molecule has 0 amide bonds. The number of ketones is 2. The van der Waals surface area contributed by atoms with Gasteiger partial charge in [0.2, 0.25) is 0 Å². The fourth-order valence-electron chi connectivity index (χ4n) is 17.1. The molecule has 4 N–H and O–H groups in total. The van der Waals surface area contributed by atoms with Crippen molar-refractivity contribution in [2.45, 2.75) is 211 Å². The summed E-state index contributed by atoms with van der Waals surface area (Å²) in [6, 6.07) is 0. The number of carboxylic acids is 2. The molecule has 0 radical (unpaired) electrons. The van der Waals surface area contributed by atoms with Crippen molar-refractivity contribution in [3.63, 3.8) is 0 Å². The van der Waals surface area contributed by atoms with Crippen LogP contribution in [0.25, 0.3) is 0 Å². The van der Waals surface area contributed by atoms with Crippen LogP contribution in [-0.4, -0.2) is 56.1 Å². The molecular formula is C54H92O8. The minimum atomic E-state index is -3.13. The van der Waals surface area contributed by atoms with Crippen molar-refractivity contribution in [3.05, 3.63) is 0 Å². The number of carbonyl (C=O) groups is 4. The van der Waals surface area contributed by atoms with E-state index in [9.17, 15) is 37.2 Å². The summed E-state index contributed by atoms with van der Waals surface area (Å²) in [5.41, 5.74) is -1.15. The van der Waals surface area contributed by atoms with E-state index in [2.05, 4.69) is 41.5 Å². The Hall–Kier alpha value is -1.80. The van der Waals surface area contributed by atoms with Gasteiger partial charge in [-0.15, -0.1) is 0 Å². The van der Waals surface area contributed by atoms with E-state index in [-0.39, 0.29) is 92.3 Å². The molecule has 0 heterocycles. The fraction of sp³-hybridized carbons (Fsp3) is 0.926. The van der Waals surface area contributed by atoms with E-state index < -0.39 is 65.9 Å². The van der Waals surface area contributed by atoms with Gasteiger partial charge in [-0.1, -0.05) is 76.7 Å². The lowest BCUT2D eigenvalue weighted by Crippen LogP contribution is -2.62. The van der Waals surface area contributed by atoms with Crippen LogP contribution < -0.4 is 0 Å². The summed E-state index contributed by atoms with van der Waals surface area (Å²) < 4.78 is 62.1. The summed E-state index contributed by atoms with van der Waals surface area (Å²) in [4.78, 5) is 48.5. The molecule has 8 aliphatic carbocycles. The highest BCUT2D eigenvalue weighted by Gasteiger charge is 2.67. The van der Waals surface area contributed by atoms with Gasteiger partial charge in [0.05, 0.1) is 14.9 Å². The maximum Gasteiger partial charge on any atom is 0.303 e. The van der Waals surface area contributed by atoms with Gasteiger partial charge in [0.25, 0.3) is 0 Å². The van der Waals surface area contributed by atoms with Gasteiger partial charge in [-0.25, -0.2) is 0 Å². The molecule has 8 rings (SSSR count). The van der Waals surface area contributed by atoms with Crippen LogP contribution in [0.4, 0.5) is 0 Å². The predicted molar refractivity (Wildman–Crippen MR) is 247 cm³/mol. The Labute approximate surface area is 387 Å². The van der Waals surface area contributed by atoms with Crippen molar-refractivity contribution < 1.29 is 49.2 Å². The Kier molecular flexibility index (Phi) is 12.9. The van der Waals surface area contributed by atoms with Crippen LogP contribution in [0.2, 0.25) is 0 Å². The zero-order valence-electron chi connectivity index (χ0n) is 45.2. The monoisotopic (exact) mass is 876 g/mol. The van der Waals surface area contributed by atoms with Crippen LogP contribution in [0, 0.1) is 104 Å². The van der Waals surface area contributed by atoms with Crippen LogP contribution in [0.3, 0.4) is 0 Å². The van der Waals surface area contributed by atoms with Crippen LogP contribution in [0.1, 0.15) is 208 Å². The molecule has 8 fully saturated rings. The maximum absolute atomic E-state index is 13.9. The second-order valence-corrected chi connectivity index (χ2v) is 22.6. The first kappa shape index (κ1) is 41.6. The van der Waals surface area contributed by atoms with Crippen molar-refractivity contribution in [1.82, 2.24) is 0 Å². The average Bonchev–Trinajstić information content (AvgIpc) is 3.77. The molecule has 8 aliphatic rings. The molecule has 8 unspecified atom stereocenters. The van der Waals surface area contributed by atoms with Crippen LogP contribution in [0.15, 0.2) is 0 Å². The maximum atomic E-state index is 13.9. The smallest absolute Gasteiger partial charge is 0.303 e. The lowest BCUT2D eigenvalue weighted by molar-refractivity contribution is -0.203. The lowest BCUT2D eigenvalue weighted by Gasteiger charge is -2.64. The van der Waals surface area contributed by atoms with E-state index in [4.69, 9.17) is 12.0 Å². The van der Waals surface area contributed by atoms with Crippen molar-refractivity contribution in [2.75, 3.05) is 0 Å². The Morgan fingerprint density at radius 2 is 1.19 bits per heavy atom. The third-order valence-electron chi connectivity index (χ3n) is 20.2. The van der Waals surface area contributed by atoms with Gasteiger partial charge >= 0.3 is 11.9 Å². The molecule has 0 bridgehead atoms. The van der Waals surface area contributed by atoms with Crippen LogP contribution >= 0.6 is 0 Å². The fourth-order valence-corrected chi connectivity index (χ4v) is 17.1. The predicted octanol–water partition coefficient (Wildman–Crippen LogP) is 11.9. The molecule has 62 heavy (non-hydrogen) atoms. The van der Waals surface area contributed by atoms with Crippen LogP contribution in [-0.2, 0) is 19.2 Å². The third kappa shape index (κ3) is 8.44. The van der Waals surface area contributed by atoms with Crippen molar-refractivity contribution in [1.29, 1.82) is 0 Å². The SMILES string of the molecule is C.C.CC[C@H]1C(=O)C2C(CC[C@@]3(C)C2CC[C@@H]3[C@H](C)CCC(=O)O)[C@@]2(C)CCC(=O)CC12.[2H]C1([2H])C[C@]2(C)C3CC[C@@]4(C)C(CC[C@@H]4[C@H](C)CCC(=O)O)C3[C@]([2H])(O)[C@@]([2H])(CC)C2C([2H])([2H])[C@]1([2H])O. The van der Waals surface area contributed by atoms with Gasteiger partial charge in [0.1, 0.15) is 11.6 Å². The second kappa shape index (κ2) is 19.2. The summed E-state index contributed by atoms with van der Waals surface area (Å²) in [6.45, 7) is 16.8. The van der Waals surface area contributed by atoms with Gasteiger partial charge in [0, 0.05) is 44.4 Å². The summed E-state index contributed by atoms with van der Waals surface area (Å²) in [6.07, 6.45) is 0.693. The number of rotatable bonds is 10. The molecule has 20 atom stereocenters. The van der Waals surface area contributed by atoms with Gasteiger partial charge < -0.3 is 20.4 Å². The molecule has 8 heteroatoms. The van der Waals surface area contributed by atoms with E-state index in [0.29, 0.717) is 67.3 Å². The number of hydrogen-bond acceptors (Lipinski definition) is 6. The number of carbonyl (C=O) groups excluding carboxylic acids is 2. The summed E-state index contributed by atoms with van der Waals surface area (Å²) >= 11 is 0. The Morgan fingerprint density at radius 3 is 1.74 bits per heavy atom. The zero-order valence-corrected chi connectivity index (χ0v) is 38.2. The summed E-state index contributed by atoms with van der Waals surface area (Å²) in [5.74, 6) is -2.92. The second-order valence-electron chi connectivity index (χ2n) is 22.6. The number of fused-ring (bicyclic) bond motifs is 10. The highest BCUT2D eigenvalue weighted by atomic mass is 16.4. The van der Waals surface area contributed by atoms with E-state index in [1.807, 2.05) is 0 Å². The summed E-state index contributed by atoms with van der Waals surface area (Å²) in [7, 11) is 0. The van der Waals surface area contributed by atoms with E-state index in [0.717, 1.165) is 57.8 Å². The number of aliphatic hydroxyl groups is 2. The van der Waals surface area contributed by atoms with Gasteiger partial charge in [-0.2, -0.15) is 0 Å². The molecule has 8 saturated carbocycles. The number of aliphatic carboxylic acids is 2. The van der Waals surface area contributed by atoms with Crippen LogP contribution in [0.5, 0.6) is 0 Å². The standard InChI is InChI=1S/C26H44O4.C26H40O4.2CH4/c2*1-5-17-21-14-16(27)10-12-26(21,4)20-11-13-25(3)18(15(2)6-9-22(28)29)7-8-19(25)23(20)24(17)30;;/h15-21,23-24,27,30H,5-14H2,1-4H3,(H,28,29);15,17-21,23H,5-14H2,1-4H3,(H,28,29);2*1H4/t15-,16-,17+,18-,19?,20?,21?,23?,24-,25-,26-;15-,17-,18-,19?,20?,21?,23?,25-,26-;;/m11../s1/i10D2,14D2,16D,17D,24D;;;. The number of hydrogen-bond donors (Lipinski definition) is 4. The van der Waals surface area contributed by atoms with Crippen molar-refractivity contribution in [2.24, 2.45) is 104 Å². The first-order valence-corrected chi connectivity index (χ1v) is 24.2. The molecule has 0 aliphatic heterocycles. The zero-order chi connectivity index (χ0) is 50.0. The van der Waals surface area contributed by atoms with Gasteiger partial charge in [-0.05, 0) is 189 Å². The van der Waals surface area contributed by atoms with Crippen molar-refractivity contribution >= 4 is 23.5 Å². The topological polar surface area (TPSA) is 149 Å². The molecule has 0 aromatic carbocycles. The number of Topliss-reactive ketones (excluding diaryl/α,β-unsaturated/α-hetero) is 2. The normalized spacial score (nSPS) is 54.4. The molecule has 0 saturated heterocycles. The molecular weight excluding hydrogens is 777 g/mol. The largest absolute Gasteiger partial charge is 0.481 e. The van der Waals surface area contributed by atoms with Crippen molar-refractivity contribution in [3.8, 4) is 0 Å².